The van der Waals surface area contributed by atoms with Gasteiger partial charge >= 0.3 is 0 Å². The van der Waals surface area contributed by atoms with Crippen molar-refractivity contribution in [2.24, 2.45) is 0 Å². The number of aromatic nitrogens is 2. The summed E-state index contributed by atoms with van der Waals surface area (Å²) in [6.07, 6.45) is 0. The van der Waals surface area contributed by atoms with Crippen molar-refractivity contribution in [3.05, 3.63) is 59.7 Å². The Bertz CT molecular complexity index is 1040. The molecule has 30 heavy (non-hydrogen) atoms. The molecule has 2 amide bonds. The molecule has 0 fully saturated rings. The molecule has 7 nitrogen and oxygen atoms in total. The number of rotatable bonds is 7. The van der Waals surface area contributed by atoms with Crippen molar-refractivity contribution in [3.63, 3.8) is 0 Å². The lowest BCUT2D eigenvalue weighted by Gasteiger charge is -2.12. The van der Waals surface area contributed by atoms with E-state index in [0.29, 0.717) is 10.0 Å². The van der Waals surface area contributed by atoms with Crippen molar-refractivity contribution >= 4 is 51.4 Å². The van der Waals surface area contributed by atoms with Gasteiger partial charge in [0, 0.05) is 25.5 Å². The van der Waals surface area contributed by atoms with Gasteiger partial charge in [0.15, 0.2) is 4.34 Å². The fourth-order valence-electron chi connectivity index (χ4n) is 2.36. The average Bonchev–Trinajstić information content (AvgIpc) is 3.14. The van der Waals surface area contributed by atoms with Crippen LogP contribution in [-0.2, 0) is 4.79 Å². The molecule has 11 heteroatoms. The first-order valence-electron chi connectivity index (χ1n) is 8.62. The molecule has 3 rings (SSSR count). The number of carbonyl (C=O) groups is 2. The predicted octanol–water partition coefficient (Wildman–Crippen LogP) is 3.87. The van der Waals surface area contributed by atoms with Crippen LogP contribution >= 0.6 is 23.1 Å². The summed E-state index contributed by atoms with van der Waals surface area (Å²) in [6, 6.07) is 10.5. The largest absolute Gasteiger partial charge is 0.378 e. The van der Waals surface area contributed by atoms with Crippen molar-refractivity contribution in [1.82, 2.24) is 10.2 Å². The lowest BCUT2D eigenvalue weighted by Crippen LogP contribution is -2.15. The molecule has 0 aliphatic carbocycles. The number of nitrogens with zero attached hydrogens (tertiary/aromatic N) is 3. The second-order valence-electron chi connectivity index (χ2n) is 6.20. The van der Waals surface area contributed by atoms with Crippen molar-refractivity contribution in [3.8, 4) is 0 Å². The zero-order valence-electron chi connectivity index (χ0n) is 16.0. The maximum Gasteiger partial charge on any atom is 0.263 e. The van der Waals surface area contributed by atoms with E-state index < -0.39 is 23.1 Å². The molecule has 0 bridgehead atoms. The minimum Gasteiger partial charge on any atom is -0.378 e. The second kappa shape index (κ2) is 9.63. The third-order valence-corrected chi connectivity index (χ3v) is 5.78. The van der Waals surface area contributed by atoms with Gasteiger partial charge in [0.25, 0.3) is 5.91 Å². The molecule has 2 N–H and O–H groups in total. The minimum atomic E-state index is -0.970. The van der Waals surface area contributed by atoms with E-state index in [0.717, 1.165) is 40.9 Å². The molecule has 1 aromatic heterocycles. The molecule has 1 heterocycles. The molecule has 0 radical (unpaired) electrons. The highest BCUT2D eigenvalue weighted by Gasteiger charge is 2.19. The first-order chi connectivity index (χ1) is 14.3. The molecule has 2 aromatic carbocycles. The van der Waals surface area contributed by atoms with Crippen LogP contribution in [0.15, 0.2) is 46.8 Å². The van der Waals surface area contributed by atoms with E-state index in [9.17, 15) is 18.4 Å². The molecular weight excluding hydrogens is 432 g/mol. The van der Waals surface area contributed by atoms with Gasteiger partial charge < -0.3 is 10.2 Å². The molecule has 0 saturated carbocycles. The number of amides is 2. The molecule has 0 spiro atoms. The van der Waals surface area contributed by atoms with Gasteiger partial charge in [-0.2, -0.15) is 0 Å². The molecule has 0 atom stereocenters. The Kier molecular flexibility index (Phi) is 6.95. The number of benzene rings is 2. The third-order valence-electron chi connectivity index (χ3n) is 3.81. The van der Waals surface area contributed by atoms with Gasteiger partial charge in [-0.3, -0.25) is 14.9 Å². The van der Waals surface area contributed by atoms with Crippen LogP contribution in [0.3, 0.4) is 0 Å². The van der Waals surface area contributed by atoms with Crippen molar-refractivity contribution in [1.29, 1.82) is 0 Å². The van der Waals surface area contributed by atoms with Gasteiger partial charge in [0.05, 0.1) is 5.75 Å². The highest BCUT2D eigenvalue weighted by atomic mass is 32.2. The summed E-state index contributed by atoms with van der Waals surface area (Å²) in [5.74, 6) is -3.05. The zero-order chi connectivity index (χ0) is 21.7. The fraction of sp³-hybridized carbons (Fsp3) is 0.158. The van der Waals surface area contributed by atoms with Gasteiger partial charge in [0.1, 0.15) is 17.2 Å². The van der Waals surface area contributed by atoms with E-state index in [1.54, 1.807) is 12.1 Å². The van der Waals surface area contributed by atoms with Crippen LogP contribution in [0.25, 0.3) is 0 Å². The minimum absolute atomic E-state index is 0.0739. The summed E-state index contributed by atoms with van der Waals surface area (Å²) in [7, 11) is 3.85. The summed E-state index contributed by atoms with van der Waals surface area (Å²) in [5.41, 5.74) is 0.992. The number of carbonyl (C=O) groups excluding carboxylic acids is 2. The first kappa shape index (κ1) is 21.7. The average molecular weight is 450 g/mol. The Hall–Kier alpha value is -3.05. The van der Waals surface area contributed by atoms with Crippen molar-refractivity contribution in [2.75, 3.05) is 35.4 Å². The molecule has 0 saturated heterocycles. The number of thioether (sulfide) groups is 1. The standard InChI is InChI=1S/C19H17F2N5O2S2/c1-26(2)12-8-6-11(7-9-12)22-15(27)10-29-19-25-24-18(30-19)23-17(28)16-13(20)4-3-5-14(16)21/h3-9H,10H2,1-2H3,(H,22,27)(H,23,24,28). The number of nitrogens with one attached hydrogen (secondary N) is 2. The predicted molar refractivity (Wildman–Crippen MR) is 114 cm³/mol. The van der Waals surface area contributed by atoms with Crippen molar-refractivity contribution in [2.45, 2.75) is 4.34 Å². The van der Waals surface area contributed by atoms with Crippen LogP contribution in [0.2, 0.25) is 0 Å². The maximum atomic E-state index is 13.7. The van der Waals surface area contributed by atoms with E-state index in [1.807, 2.05) is 31.1 Å². The number of halogens is 2. The zero-order valence-corrected chi connectivity index (χ0v) is 17.6. The Labute approximate surface area is 179 Å². The monoisotopic (exact) mass is 449 g/mol. The van der Waals surface area contributed by atoms with Crippen LogP contribution < -0.4 is 15.5 Å². The number of hydrogen-bond donors (Lipinski definition) is 2. The Morgan fingerprint density at radius 2 is 1.70 bits per heavy atom. The lowest BCUT2D eigenvalue weighted by atomic mass is 10.2. The maximum absolute atomic E-state index is 13.7. The van der Waals surface area contributed by atoms with Crippen molar-refractivity contribution < 1.29 is 18.4 Å². The number of anilines is 3. The molecule has 0 aliphatic heterocycles. The molecule has 0 unspecified atom stereocenters. The van der Waals surface area contributed by atoms with E-state index in [4.69, 9.17) is 0 Å². The topological polar surface area (TPSA) is 87.2 Å². The van der Waals surface area contributed by atoms with E-state index in [2.05, 4.69) is 20.8 Å². The van der Waals surface area contributed by atoms with Crippen LogP contribution in [0, 0.1) is 11.6 Å². The Morgan fingerprint density at radius 1 is 1.03 bits per heavy atom. The van der Waals surface area contributed by atoms with Crippen LogP contribution in [0.1, 0.15) is 10.4 Å². The fourth-order valence-corrected chi connectivity index (χ4v) is 3.91. The smallest absolute Gasteiger partial charge is 0.263 e. The van der Waals surface area contributed by atoms with E-state index in [1.165, 1.54) is 6.07 Å². The summed E-state index contributed by atoms with van der Waals surface area (Å²) in [5, 5.41) is 12.8. The molecule has 0 aliphatic rings. The van der Waals surface area contributed by atoms with Gasteiger partial charge in [-0.1, -0.05) is 29.2 Å². The van der Waals surface area contributed by atoms with E-state index >= 15 is 0 Å². The summed E-state index contributed by atoms with van der Waals surface area (Å²) in [4.78, 5) is 26.1. The Morgan fingerprint density at radius 3 is 2.33 bits per heavy atom. The lowest BCUT2D eigenvalue weighted by molar-refractivity contribution is -0.113. The molecular formula is C19H17F2N5O2S2. The summed E-state index contributed by atoms with van der Waals surface area (Å²) < 4.78 is 27.8. The molecule has 156 valence electrons. The summed E-state index contributed by atoms with van der Waals surface area (Å²) >= 11 is 2.13. The normalized spacial score (nSPS) is 10.5. The van der Waals surface area contributed by atoms with E-state index in [-0.39, 0.29) is 16.8 Å². The SMILES string of the molecule is CN(C)c1ccc(NC(=O)CSc2nnc(NC(=O)c3c(F)cccc3F)s2)cc1. The number of hydrogen-bond acceptors (Lipinski definition) is 7. The highest BCUT2D eigenvalue weighted by molar-refractivity contribution is 8.01. The summed E-state index contributed by atoms with van der Waals surface area (Å²) in [6.45, 7) is 0. The van der Waals surface area contributed by atoms with Crippen LogP contribution in [-0.4, -0.2) is 41.9 Å². The van der Waals surface area contributed by atoms with Gasteiger partial charge in [-0.15, -0.1) is 10.2 Å². The highest BCUT2D eigenvalue weighted by Crippen LogP contribution is 2.26. The Balaban J connectivity index is 1.53. The van der Waals surface area contributed by atoms with Gasteiger partial charge in [0.2, 0.25) is 11.0 Å². The first-order valence-corrected chi connectivity index (χ1v) is 10.4. The second-order valence-corrected chi connectivity index (χ2v) is 8.40. The third kappa shape index (κ3) is 5.51. The van der Waals surface area contributed by atoms with Gasteiger partial charge in [-0.05, 0) is 36.4 Å². The molecule has 3 aromatic rings. The quantitative estimate of drug-likeness (QED) is 0.421. The van der Waals surface area contributed by atoms with Crippen LogP contribution in [0.5, 0.6) is 0 Å². The van der Waals surface area contributed by atoms with Crippen LogP contribution in [0.4, 0.5) is 25.3 Å². The van der Waals surface area contributed by atoms with Gasteiger partial charge in [-0.25, -0.2) is 8.78 Å².